The van der Waals surface area contributed by atoms with E-state index in [2.05, 4.69) is 32.1 Å². The molecule has 0 unspecified atom stereocenters. The number of carboxylic acid groups (broad SMARTS) is 2. The van der Waals surface area contributed by atoms with Gasteiger partial charge in [0.1, 0.15) is 11.7 Å². The highest BCUT2D eigenvalue weighted by Crippen LogP contribution is 2.15. The minimum atomic E-state index is -1.30. The molecule has 7 N–H and O–H groups in total. The molecule has 0 saturated heterocycles. The number of fused-ring (bicyclic) bond motifs is 1. The lowest BCUT2D eigenvalue weighted by molar-refractivity contribution is -0.140. The maximum Gasteiger partial charge on any atom is 0.326 e. The standard InChI is InChI=1S/C20H19N5O6S/c21-20-24-16-13(18(29)25-20)8-11(22-16)3-1-2-4-12-7-10(9-32-12)17(28)23-14(19(30)31)5-6-15(26)27/h7-9,14H,1,3,5-6H2,(H,23,28)(H,26,27)(H,30,31)(H4,21,22,24,25,29)/t14-/m0/s1. The van der Waals surface area contributed by atoms with Crippen molar-refractivity contribution in [3.05, 3.63) is 44.0 Å². The van der Waals surface area contributed by atoms with E-state index in [0.717, 1.165) is 5.69 Å². The van der Waals surface area contributed by atoms with Crippen LogP contribution >= 0.6 is 11.3 Å². The maximum atomic E-state index is 12.3. The second kappa shape index (κ2) is 9.80. The Balaban J connectivity index is 1.58. The number of thiophene rings is 1. The summed E-state index contributed by atoms with van der Waals surface area (Å²) in [7, 11) is 0. The monoisotopic (exact) mass is 457 g/mol. The zero-order valence-electron chi connectivity index (χ0n) is 16.6. The van der Waals surface area contributed by atoms with Crippen LogP contribution in [0.15, 0.2) is 22.3 Å². The van der Waals surface area contributed by atoms with Crippen molar-refractivity contribution in [1.29, 1.82) is 0 Å². The first-order chi connectivity index (χ1) is 15.2. The van der Waals surface area contributed by atoms with E-state index >= 15 is 0 Å². The number of nitrogens with zero attached hydrogens (tertiary/aromatic N) is 1. The first-order valence-corrected chi connectivity index (χ1v) is 10.3. The number of hydrogen-bond donors (Lipinski definition) is 6. The molecule has 11 nitrogen and oxygen atoms in total. The molecule has 3 rings (SSSR count). The van der Waals surface area contributed by atoms with E-state index < -0.39 is 23.9 Å². The fraction of sp³-hybridized carbons (Fsp3) is 0.250. The van der Waals surface area contributed by atoms with Crippen molar-refractivity contribution in [2.45, 2.75) is 31.7 Å². The van der Waals surface area contributed by atoms with Crippen LogP contribution in [0.1, 0.15) is 40.2 Å². The number of aryl methyl sites for hydroxylation is 1. The predicted octanol–water partition coefficient (Wildman–Crippen LogP) is 0.927. The normalized spacial score (nSPS) is 11.5. The molecule has 0 aliphatic heterocycles. The summed E-state index contributed by atoms with van der Waals surface area (Å²) in [4.78, 5) is 56.0. The topological polar surface area (TPSA) is 191 Å². The van der Waals surface area contributed by atoms with Gasteiger partial charge in [-0.25, -0.2) is 4.79 Å². The number of anilines is 1. The molecule has 3 aromatic rings. The lowest BCUT2D eigenvalue weighted by atomic mass is 10.1. The van der Waals surface area contributed by atoms with Gasteiger partial charge in [0.05, 0.1) is 15.8 Å². The van der Waals surface area contributed by atoms with Gasteiger partial charge in [-0.15, -0.1) is 11.3 Å². The molecule has 0 aliphatic carbocycles. The maximum absolute atomic E-state index is 12.3. The van der Waals surface area contributed by atoms with E-state index in [4.69, 9.17) is 15.9 Å². The molecule has 32 heavy (non-hydrogen) atoms. The quantitative estimate of drug-likeness (QED) is 0.269. The molecule has 0 saturated carbocycles. The minimum absolute atomic E-state index is 0.0322. The Bertz CT molecular complexity index is 1300. The fourth-order valence-corrected chi connectivity index (χ4v) is 3.62. The fourth-order valence-electron chi connectivity index (χ4n) is 2.86. The molecular weight excluding hydrogens is 438 g/mol. The Morgan fingerprint density at radius 1 is 1.25 bits per heavy atom. The minimum Gasteiger partial charge on any atom is -0.481 e. The van der Waals surface area contributed by atoms with Gasteiger partial charge in [-0.1, -0.05) is 11.8 Å². The molecule has 166 valence electrons. The van der Waals surface area contributed by atoms with Crippen LogP contribution in [0, 0.1) is 11.8 Å². The van der Waals surface area contributed by atoms with Crippen LogP contribution in [0.5, 0.6) is 0 Å². The van der Waals surface area contributed by atoms with Gasteiger partial charge >= 0.3 is 11.9 Å². The van der Waals surface area contributed by atoms with Crippen LogP contribution in [0.4, 0.5) is 5.95 Å². The van der Waals surface area contributed by atoms with Gasteiger partial charge in [-0.05, 0) is 25.0 Å². The number of nitrogen functional groups attached to an aromatic ring is 1. The van der Waals surface area contributed by atoms with Gasteiger partial charge in [-0.2, -0.15) is 4.98 Å². The van der Waals surface area contributed by atoms with Crippen LogP contribution in [-0.4, -0.2) is 49.1 Å². The largest absolute Gasteiger partial charge is 0.481 e. The molecule has 3 heterocycles. The number of H-pyrrole nitrogens is 2. The van der Waals surface area contributed by atoms with Gasteiger partial charge in [0, 0.05) is 23.9 Å². The van der Waals surface area contributed by atoms with E-state index in [9.17, 15) is 19.2 Å². The van der Waals surface area contributed by atoms with E-state index in [1.165, 1.54) is 17.4 Å². The number of amides is 1. The highest BCUT2D eigenvalue weighted by Gasteiger charge is 2.22. The molecule has 1 amide bonds. The molecule has 0 aromatic carbocycles. The van der Waals surface area contributed by atoms with Crippen LogP contribution in [0.25, 0.3) is 11.0 Å². The number of carbonyl (C=O) groups excluding carboxylic acids is 1. The van der Waals surface area contributed by atoms with Gasteiger partial charge in [0.15, 0.2) is 0 Å². The van der Waals surface area contributed by atoms with Crippen molar-refractivity contribution in [3.63, 3.8) is 0 Å². The number of carboxylic acids is 2. The SMILES string of the molecule is Nc1nc2[nH]c(CCC#Cc3cc(C(=O)N[C@@H](CCC(=O)O)C(=O)O)cs3)cc2c(=O)[nH]1. The van der Waals surface area contributed by atoms with Crippen molar-refractivity contribution < 1.29 is 24.6 Å². The Labute approximate surface area is 184 Å². The number of aromatic nitrogens is 3. The summed E-state index contributed by atoms with van der Waals surface area (Å²) in [5.74, 6) is 2.90. The van der Waals surface area contributed by atoms with Crippen LogP contribution < -0.4 is 16.6 Å². The van der Waals surface area contributed by atoms with Crippen molar-refractivity contribution >= 4 is 46.2 Å². The Morgan fingerprint density at radius 2 is 2.03 bits per heavy atom. The van der Waals surface area contributed by atoms with E-state index in [0.29, 0.717) is 28.8 Å². The summed E-state index contributed by atoms with van der Waals surface area (Å²) >= 11 is 1.23. The molecule has 0 spiro atoms. The molecule has 0 radical (unpaired) electrons. The van der Waals surface area contributed by atoms with E-state index in [1.807, 2.05) is 0 Å². The number of rotatable bonds is 8. The van der Waals surface area contributed by atoms with Crippen LogP contribution in [0.2, 0.25) is 0 Å². The lowest BCUT2D eigenvalue weighted by Crippen LogP contribution is -2.40. The Hall–Kier alpha value is -4.11. The van der Waals surface area contributed by atoms with Gasteiger partial charge in [0.2, 0.25) is 5.95 Å². The average molecular weight is 457 g/mol. The number of hydrogen-bond acceptors (Lipinski definition) is 7. The first kappa shape index (κ1) is 22.6. The summed E-state index contributed by atoms with van der Waals surface area (Å²) in [6.45, 7) is 0. The summed E-state index contributed by atoms with van der Waals surface area (Å²) in [6, 6.07) is 1.94. The summed E-state index contributed by atoms with van der Waals surface area (Å²) in [5, 5.41) is 22.1. The molecule has 3 aromatic heterocycles. The second-order valence-electron chi connectivity index (χ2n) is 6.81. The Morgan fingerprint density at radius 3 is 2.75 bits per heavy atom. The number of carbonyl (C=O) groups is 3. The zero-order chi connectivity index (χ0) is 23.3. The average Bonchev–Trinajstić information content (AvgIpc) is 3.35. The zero-order valence-corrected chi connectivity index (χ0v) is 17.4. The predicted molar refractivity (Wildman–Crippen MR) is 116 cm³/mol. The van der Waals surface area contributed by atoms with E-state index in [-0.39, 0.29) is 29.9 Å². The van der Waals surface area contributed by atoms with Gasteiger partial charge < -0.3 is 26.2 Å². The molecule has 12 heteroatoms. The highest BCUT2D eigenvalue weighted by molar-refractivity contribution is 7.10. The van der Waals surface area contributed by atoms with Crippen molar-refractivity contribution in [2.75, 3.05) is 5.73 Å². The van der Waals surface area contributed by atoms with Crippen LogP contribution in [0.3, 0.4) is 0 Å². The summed E-state index contributed by atoms with van der Waals surface area (Å²) in [5.41, 5.74) is 6.64. The number of aromatic amines is 2. The van der Waals surface area contributed by atoms with Crippen LogP contribution in [-0.2, 0) is 16.0 Å². The molecule has 0 bridgehead atoms. The third-order valence-corrected chi connectivity index (χ3v) is 5.26. The second-order valence-corrected chi connectivity index (χ2v) is 7.72. The highest BCUT2D eigenvalue weighted by atomic mass is 32.1. The van der Waals surface area contributed by atoms with Crippen molar-refractivity contribution in [1.82, 2.24) is 20.3 Å². The third kappa shape index (κ3) is 5.73. The van der Waals surface area contributed by atoms with Crippen molar-refractivity contribution in [2.24, 2.45) is 0 Å². The van der Waals surface area contributed by atoms with E-state index in [1.54, 1.807) is 11.4 Å². The molecule has 1 atom stereocenters. The molecule has 0 aliphatic rings. The summed E-state index contributed by atoms with van der Waals surface area (Å²) in [6.07, 6.45) is 0.446. The number of nitrogens with one attached hydrogen (secondary N) is 3. The Kier molecular flexibility index (Phi) is 6.91. The van der Waals surface area contributed by atoms with Gasteiger partial charge in [-0.3, -0.25) is 19.4 Å². The van der Waals surface area contributed by atoms with Crippen molar-refractivity contribution in [3.8, 4) is 11.8 Å². The molecular formula is C20H19N5O6S. The summed E-state index contributed by atoms with van der Waals surface area (Å²) < 4.78 is 0. The number of aliphatic carboxylic acids is 2. The lowest BCUT2D eigenvalue weighted by Gasteiger charge is -2.12. The molecule has 0 fully saturated rings. The number of nitrogens with two attached hydrogens (primary N) is 1. The van der Waals surface area contributed by atoms with Gasteiger partial charge in [0.25, 0.3) is 11.5 Å². The third-order valence-electron chi connectivity index (χ3n) is 4.41. The smallest absolute Gasteiger partial charge is 0.326 e. The first-order valence-electron chi connectivity index (χ1n) is 9.43.